The van der Waals surface area contributed by atoms with Gasteiger partial charge in [-0.25, -0.2) is 14.6 Å². The number of ether oxygens (including phenoxy) is 1. The molecule has 15 heteroatoms. The van der Waals surface area contributed by atoms with Crippen LogP contribution in [0.15, 0.2) is 60.8 Å². The standard InChI is InChI=1S/C28H34N9O5P/c1-3-41-27(39)18(2)37(43(40)42-22-7-5-4-6-8-22)16-15-32-26(38)19-9-11-20(12-10-19)31-14-13-21-17-33-25-23(34-21)24(29)35-28(30)36-25/h4-12,17-18,31,43H,3,13-16H2,1-2H3,(H,32,38)(H4,29,30,33,35,36). The molecule has 14 nitrogen and oxygen atoms in total. The first-order valence-corrected chi connectivity index (χ1v) is 14.9. The van der Waals surface area contributed by atoms with Crippen molar-refractivity contribution < 1.29 is 23.4 Å². The zero-order valence-corrected chi connectivity index (χ0v) is 24.8. The van der Waals surface area contributed by atoms with Gasteiger partial charge < -0.3 is 31.4 Å². The van der Waals surface area contributed by atoms with Gasteiger partial charge in [0.1, 0.15) is 11.8 Å². The Labute approximate surface area is 249 Å². The fraction of sp³-hybridized carbons (Fsp3) is 0.286. The lowest BCUT2D eigenvalue weighted by molar-refractivity contribution is -0.147. The van der Waals surface area contributed by atoms with Crippen LogP contribution in [0.5, 0.6) is 5.75 Å². The number of para-hydroxylation sites is 1. The monoisotopic (exact) mass is 607 g/mol. The molecule has 2 aromatic carbocycles. The predicted molar refractivity (Wildman–Crippen MR) is 164 cm³/mol. The van der Waals surface area contributed by atoms with Crippen molar-refractivity contribution in [3.8, 4) is 5.75 Å². The molecule has 0 spiro atoms. The van der Waals surface area contributed by atoms with Crippen LogP contribution >= 0.6 is 8.18 Å². The van der Waals surface area contributed by atoms with Gasteiger partial charge in [-0.3, -0.25) is 14.2 Å². The SMILES string of the molecule is CCOC(=O)C(C)N(CCNC(=O)c1ccc(NCCc2cnc3nc(N)nc(N)c3n2)cc1)[PH](=O)Oc1ccccc1. The molecule has 0 radical (unpaired) electrons. The number of nitrogens with one attached hydrogen (secondary N) is 2. The maximum Gasteiger partial charge on any atom is 0.323 e. The van der Waals surface area contributed by atoms with Gasteiger partial charge in [0, 0.05) is 37.3 Å². The third kappa shape index (κ3) is 8.60. The number of hydrogen-bond acceptors (Lipinski definition) is 12. The number of fused-ring (bicyclic) bond motifs is 1. The highest BCUT2D eigenvalue weighted by Gasteiger charge is 2.28. The molecule has 1 amide bonds. The van der Waals surface area contributed by atoms with E-state index in [1.54, 1.807) is 68.6 Å². The number of amides is 1. The quantitative estimate of drug-likeness (QED) is 0.121. The molecule has 0 aliphatic rings. The Hall–Kier alpha value is -4.81. The zero-order chi connectivity index (χ0) is 30.8. The minimum atomic E-state index is -2.86. The summed E-state index contributed by atoms with van der Waals surface area (Å²) in [6.45, 7) is 4.28. The molecule has 2 atom stereocenters. The van der Waals surface area contributed by atoms with Crippen molar-refractivity contribution in [2.24, 2.45) is 0 Å². The Morgan fingerprint density at radius 2 is 1.77 bits per heavy atom. The summed E-state index contributed by atoms with van der Waals surface area (Å²) in [4.78, 5) is 41.8. The van der Waals surface area contributed by atoms with Crippen LogP contribution in [0.2, 0.25) is 0 Å². The lowest BCUT2D eigenvalue weighted by Crippen LogP contribution is -2.40. The second kappa shape index (κ2) is 14.9. The molecule has 0 saturated carbocycles. The Kier molecular flexibility index (Phi) is 10.8. The van der Waals surface area contributed by atoms with Crippen LogP contribution in [0, 0.1) is 0 Å². The second-order valence-electron chi connectivity index (χ2n) is 9.31. The first-order valence-electron chi connectivity index (χ1n) is 13.6. The first-order chi connectivity index (χ1) is 20.7. The van der Waals surface area contributed by atoms with Crippen molar-refractivity contribution >= 4 is 48.7 Å². The molecule has 2 unspecified atom stereocenters. The van der Waals surface area contributed by atoms with Gasteiger partial charge in [0.25, 0.3) is 5.91 Å². The molecular weight excluding hydrogens is 573 g/mol. The normalized spacial score (nSPS) is 12.4. The zero-order valence-electron chi connectivity index (χ0n) is 23.8. The molecule has 43 heavy (non-hydrogen) atoms. The molecule has 0 aliphatic carbocycles. The van der Waals surface area contributed by atoms with Crippen LogP contribution in [-0.2, 0) is 20.5 Å². The number of hydrogen-bond donors (Lipinski definition) is 4. The molecule has 0 saturated heterocycles. The van der Waals surface area contributed by atoms with Crippen LogP contribution in [0.25, 0.3) is 11.2 Å². The molecule has 0 fully saturated rings. The average Bonchev–Trinajstić information content (AvgIpc) is 3.00. The van der Waals surface area contributed by atoms with E-state index >= 15 is 0 Å². The van der Waals surface area contributed by atoms with Gasteiger partial charge in [-0.05, 0) is 50.2 Å². The molecule has 0 bridgehead atoms. The third-order valence-electron chi connectivity index (χ3n) is 6.27. The van der Waals surface area contributed by atoms with E-state index in [9.17, 15) is 14.2 Å². The van der Waals surface area contributed by atoms with E-state index in [1.165, 1.54) is 4.67 Å². The van der Waals surface area contributed by atoms with Crippen molar-refractivity contribution in [1.82, 2.24) is 29.9 Å². The number of anilines is 3. The first kappa shape index (κ1) is 31.1. The van der Waals surface area contributed by atoms with Crippen molar-refractivity contribution in [1.29, 1.82) is 0 Å². The van der Waals surface area contributed by atoms with E-state index in [-0.39, 0.29) is 37.4 Å². The van der Waals surface area contributed by atoms with Crippen molar-refractivity contribution in [2.75, 3.05) is 43.0 Å². The number of aromatic nitrogens is 4. The maximum absolute atomic E-state index is 13.0. The fourth-order valence-corrected chi connectivity index (χ4v) is 5.22. The summed E-state index contributed by atoms with van der Waals surface area (Å²) in [6.07, 6.45) is 2.18. The highest BCUT2D eigenvalue weighted by Crippen LogP contribution is 2.33. The van der Waals surface area contributed by atoms with E-state index in [0.29, 0.717) is 41.1 Å². The smallest absolute Gasteiger partial charge is 0.323 e. The van der Waals surface area contributed by atoms with Gasteiger partial charge in [-0.15, -0.1) is 0 Å². The molecule has 4 aromatic rings. The van der Waals surface area contributed by atoms with Crippen LogP contribution in [0.1, 0.15) is 29.9 Å². The average molecular weight is 608 g/mol. The Bertz CT molecular complexity index is 1570. The van der Waals surface area contributed by atoms with Crippen LogP contribution in [0.3, 0.4) is 0 Å². The summed E-state index contributed by atoms with van der Waals surface area (Å²) in [5.41, 5.74) is 14.2. The second-order valence-corrected chi connectivity index (χ2v) is 10.6. The number of nitrogens with two attached hydrogens (primary N) is 2. The highest BCUT2D eigenvalue weighted by molar-refractivity contribution is 7.36. The lowest BCUT2D eigenvalue weighted by Gasteiger charge is -2.26. The third-order valence-corrected chi connectivity index (χ3v) is 7.77. The van der Waals surface area contributed by atoms with Crippen molar-refractivity contribution in [2.45, 2.75) is 26.3 Å². The van der Waals surface area contributed by atoms with E-state index in [2.05, 4.69) is 30.6 Å². The molecule has 226 valence electrons. The van der Waals surface area contributed by atoms with E-state index in [1.807, 2.05) is 6.07 Å². The van der Waals surface area contributed by atoms with Gasteiger partial charge in [0.15, 0.2) is 17.0 Å². The topological polar surface area (TPSA) is 201 Å². The van der Waals surface area contributed by atoms with Crippen molar-refractivity contribution in [3.05, 3.63) is 72.1 Å². The summed E-state index contributed by atoms with van der Waals surface area (Å²) in [5.74, 6) is -0.203. The molecule has 4 rings (SSSR count). The Morgan fingerprint density at radius 1 is 1.02 bits per heavy atom. The van der Waals surface area contributed by atoms with Gasteiger partial charge in [0.2, 0.25) is 5.95 Å². The summed E-state index contributed by atoms with van der Waals surface area (Å²) in [7, 11) is -2.86. The Balaban J connectivity index is 1.28. The van der Waals surface area contributed by atoms with Crippen LogP contribution in [-0.4, -0.2) is 68.8 Å². The molecular formula is C28H34N9O5P. The molecule has 6 N–H and O–H groups in total. The summed E-state index contributed by atoms with van der Waals surface area (Å²) in [5, 5.41) is 6.08. The fourth-order valence-electron chi connectivity index (χ4n) is 4.05. The molecule has 0 aliphatic heterocycles. The molecule has 2 heterocycles. The minimum absolute atomic E-state index is 0.0437. The van der Waals surface area contributed by atoms with Gasteiger partial charge in [-0.1, -0.05) is 18.2 Å². The highest BCUT2D eigenvalue weighted by atomic mass is 31.1. The summed E-state index contributed by atoms with van der Waals surface area (Å²) >= 11 is 0. The van der Waals surface area contributed by atoms with Gasteiger partial charge in [0.05, 0.1) is 18.5 Å². The van der Waals surface area contributed by atoms with E-state index in [0.717, 1.165) is 5.69 Å². The Morgan fingerprint density at radius 3 is 2.49 bits per heavy atom. The van der Waals surface area contributed by atoms with E-state index < -0.39 is 20.2 Å². The number of esters is 1. The van der Waals surface area contributed by atoms with Gasteiger partial charge in [-0.2, -0.15) is 9.97 Å². The number of carbonyl (C=O) groups is 2. The predicted octanol–water partition coefficient (Wildman–Crippen LogP) is 2.69. The molecule has 2 aromatic heterocycles. The number of benzene rings is 2. The minimum Gasteiger partial charge on any atom is -0.465 e. The summed E-state index contributed by atoms with van der Waals surface area (Å²) in [6, 6.07) is 14.8. The summed E-state index contributed by atoms with van der Waals surface area (Å²) < 4.78 is 25.1. The number of carbonyl (C=O) groups excluding carboxylic acids is 2. The number of nitrogens with zero attached hydrogens (tertiary/aromatic N) is 5. The largest absolute Gasteiger partial charge is 0.465 e. The van der Waals surface area contributed by atoms with Crippen LogP contribution in [0.4, 0.5) is 17.5 Å². The van der Waals surface area contributed by atoms with Gasteiger partial charge >= 0.3 is 14.1 Å². The van der Waals surface area contributed by atoms with Crippen LogP contribution < -0.4 is 26.6 Å². The van der Waals surface area contributed by atoms with E-state index in [4.69, 9.17) is 20.7 Å². The number of nitrogen functional groups attached to an aromatic ring is 2. The van der Waals surface area contributed by atoms with Crippen molar-refractivity contribution in [3.63, 3.8) is 0 Å². The number of rotatable bonds is 14. The maximum atomic E-state index is 13.0. The lowest BCUT2D eigenvalue weighted by atomic mass is 10.2.